The molecule has 1 aliphatic rings. The summed E-state index contributed by atoms with van der Waals surface area (Å²) in [6.45, 7) is 2.32. The number of ketones is 1. The average Bonchev–Trinajstić information content (AvgIpc) is 2.86. The summed E-state index contributed by atoms with van der Waals surface area (Å²) in [5.74, 6) is 0.766. The van der Waals surface area contributed by atoms with Gasteiger partial charge >= 0.3 is 0 Å². The van der Waals surface area contributed by atoms with Crippen molar-refractivity contribution in [1.29, 1.82) is 0 Å². The molecule has 0 aliphatic carbocycles. The third kappa shape index (κ3) is 3.15. The molecule has 1 saturated heterocycles. The molecule has 0 bridgehead atoms. The van der Waals surface area contributed by atoms with Crippen LogP contribution in [0.5, 0.6) is 5.75 Å². The minimum absolute atomic E-state index is 0.00204. The summed E-state index contributed by atoms with van der Waals surface area (Å²) in [6.07, 6.45) is 3.47. The standard InChI is InChI=1S/C14H19NO3S/c1-10(16)9-11-5-3-4-7-15(11)14(17)13-12(18-2)6-8-19-13/h6,8,11H,3-5,7,9H2,1-2H3. The number of methoxy groups -OCH3 is 1. The van der Waals surface area contributed by atoms with Crippen LogP contribution in [0.25, 0.3) is 0 Å². The van der Waals surface area contributed by atoms with Gasteiger partial charge in [0.25, 0.3) is 5.91 Å². The molecule has 19 heavy (non-hydrogen) atoms. The van der Waals surface area contributed by atoms with Crippen molar-refractivity contribution in [3.63, 3.8) is 0 Å². The molecular weight excluding hydrogens is 262 g/mol. The lowest BCUT2D eigenvalue weighted by atomic mass is 9.97. The number of carbonyl (C=O) groups is 2. The molecule has 2 heterocycles. The number of thiophene rings is 1. The van der Waals surface area contributed by atoms with Crippen LogP contribution in [0.3, 0.4) is 0 Å². The van der Waals surface area contributed by atoms with E-state index < -0.39 is 0 Å². The maximum absolute atomic E-state index is 12.6. The smallest absolute Gasteiger partial charge is 0.268 e. The lowest BCUT2D eigenvalue weighted by molar-refractivity contribution is -0.118. The maximum Gasteiger partial charge on any atom is 0.268 e. The molecule has 104 valence electrons. The SMILES string of the molecule is COc1ccsc1C(=O)N1CCCCC1CC(C)=O. The van der Waals surface area contributed by atoms with Crippen molar-refractivity contribution in [2.75, 3.05) is 13.7 Å². The number of carbonyl (C=O) groups excluding carboxylic acids is 2. The molecule has 0 saturated carbocycles. The van der Waals surface area contributed by atoms with E-state index in [2.05, 4.69) is 0 Å². The van der Waals surface area contributed by atoms with Crippen molar-refractivity contribution in [3.8, 4) is 5.75 Å². The topological polar surface area (TPSA) is 46.6 Å². The van der Waals surface area contributed by atoms with Crippen LogP contribution in [0, 0.1) is 0 Å². The second-order valence-corrected chi connectivity index (χ2v) is 5.79. The first kappa shape index (κ1) is 14.1. The van der Waals surface area contributed by atoms with Crippen LogP contribution in [-0.2, 0) is 4.79 Å². The number of rotatable bonds is 4. The molecule has 1 unspecified atom stereocenters. The number of hydrogen-bond acceptors (Lipinski definition) is 4. The molecule has 1 atom stereocenters. The number of likely N-dealkylation sites (tertiary alicyclic amines) is 1. The Bertz CT molecular complexity index is 469. The Hall–Kier alpha value is -1.36. The van der Waals surface area contributed by atoms with Crippen LogP contribution in [0.15, 0.2) is 11.4 Å². The molecule has 0 spiro atoms. The quantitative estimate of drug-likeness (QED) is 0.852. The molecule has 1 aromatic heterocycles. The molecule has 1 aliphatic heterocycles. The minimum Gasteiger partial charge on any atom is -0.495 e. The van der Waals surface area contributed by atoms with Crippen molar-refractivity contribution < 1.29 is 14.3 Å². The Morgan fingerprint density at radius 1 is 1.47 bits per heavy atom. The lowest BCUT2D eigenvalue weighted by Crippen LogP contribution is -2.44. The fourth-order valence-corrected chi connectivity index (χ4v) is 3.37. The van der Waals surface area contributed by atoms with E-state index in [0.717, 1.165) is 25.8 Å². The van der Waals surface area contributed by atoms with Gasteiger partial charge in [-0.05, 0) is 37.6 Å². The molecule has 1 amide bonds. The Morgan fingerprint density at radius 2 is 2.26 bits per heavy atom. The van der Waals surface area contributed by atoms with Crippen LogP contribution < -0.4 is 4.74 Å². The average molecular weight is 281 g/mol. The van der Waals surface area contributed by atoms with E-state index in [0.29, 0.717) is 17.0 Å². The Morgan fingerprint density at radius 3 is 2.95 bits per heavy atom. The zero-order valence-corrected chi connectivity index (χ0v) is 12.2. The van der Waals surface area contributed by atoms with Gasteiger partial charge in [0, 0.05) is 19.0 Å². The zero-order valence-electron chi connectivity index (χ0n) is 11.3. The summed E-state index contributed by atoms with van der Waals surface area (Å²) in [5, 5.41) is 1.86. The van der Waals surface area contributed by atoms with Gasteiger partial charge in [0.15, 0.2) is 0 Å². The van der Waals surface area contributed by atoms with Crippen LogP contribution in [0.1, 0.15) is 42.3 Å². The number of ether oxygens (including phenoxy) is 1. The molecule has 1 fully saturated rings. The van der Waals surface area contributed by atoms with Crippen LogP contribution in [-0.4, -0.2) is 36.3 Å². The lowest BCUT2D eigenvalue weighted by Gasteiger charge is -2.35. The Balaban J connectivity index is 2.17. The van der Waals surface area contributed by atoms with Gasteiger partial charge in [-0.2, -0.15) is 0 Å². The number of amides is 1. The van der Waals surface area contributed by atoms with Gasteiger partial charge in [0.05, 0.1) is 7.11 Å². The Labute approximate surface area is 117 Å². The first-order valence-electron chi connectivity index (χ1n) is 6.55. The fourth-order valence-electron chi connectivity index (χ4n) is 2.56. The number of Topliss-reactive ketones (excluding diaryl/α,β-unsaturated/α-hetero) is 1. The first-order valence-corrected chi connectivity index (χ1v) is 7.43. The highest BCUT2D eigenvalue weighted by atomic mass is 32.1. The highest BCUT2D eigenvalue weighted by Crippen LogP contribution is 2.29. The van der Waals surface area contributed by atoms with Gasteiger partial charge in [-0.15, -0.1) is 11.3 Å². The number of hydrogen-bond donors (Lipinski definition) is 0. The van der Waals surface area contributed by atoms with Gasteiger partial charge in [-0.1, -0.05) is 0 Å². The van der Waals surface area contributed by atoms with E-state index in [9.17, 15) is 9.59 Å². The number of piperidine rings is 1. The summed E-state index contributed by atoms with van der Waals surface area (Å²) < 4.78 is 5.21. The minimum atomic E-state index is -0.00204. The summed E-state index contributed by atoms with van der Waals surface area (Å²) in [5.41, 5.74) is 0. The fraction of sp³-hybridized carbons (Fsp3) is 0.571. The third-order valence-corrected chi connectivity index (χ3v) is 4.34. The summed E-state index contributed by atoms with van der Waals surface area (Å²) in [6, 6.07) is 1.85. The molecule has 4 nitrogen and oxygen atoms in total. The van der Waals surface area contributed by atoms with Crippen molar-refractivity contribution in [3.05, 3.63) is 16.3 Å². The van der Waals surface area contributed by atoms with Crippen molar-refractivity contribution >= 4 is 23.0 Å². The number of nitrogens with zero attached hydrogens (tertiary/aromatic N) is 1. The molecule has 0 N–H and O–H groups in total. The molecular formula is C14H19NO3S. The maximum atomic E-state index is 12.6. The van der Waals surface area contributed by atoms with Gasteiger partial charge in [0.1, 0.15) is 16.4 Å². The second kappa shape index (κ2) is 6.19. The van der Waals surface area contributed by atoms with Crippen LogP contribution >= 0.6 is 11.3 Å². The highest BCUT2D eigenvalue weighted by molar-refractivity contribution is 7.12. The summed E-state index contributed by atoms with van der Waals surface area (Å²) >= 11 is 1.40. The van der Waals surface area contributed by atoms with Crippen LogP contribution in [0.2, 0.25) is 0 Å². The Kier molecular flexibility index (Phi) is 4.58. The predicted molar refractivity (Wildman–Crippen MR) is 74.8 cm³/mol. The van der Waals surface area contributed by atoms with Crippen molar-refractivity contribution in [2.45, 2.75) is 38.6 Å². The molecule has 5 heteroatoms. The monoisotopic (exact) mass is 281 g/mol. The molecule has 2 rings (SSSR count). The van der Waals surface area contributed by atoms with E-state index in [4.69, 9.17) is 4.74 Å². The third-order valence-electron chi connectivity index (χ3n) is 3.45. The van der Waals surface area contributed by atoms with Gasteiger partial charge in [0.2, 0.25) is 0 Å². The van der Waals surface area contributed by atoms with Crippen molar-refractivity contribution in [2.24, 2.45) is 0 Å². The van der Waals surface area contributed by atoms with E-state index in [1.54, 1.807) is 14.0 Å². The van der Waals surface area contributed by atoms with E-state index >= 15 is 0 Å². The summed E-state index contributed by atoms with van der Waals surface area (Å²) in [7, 11) is 1.57. The highest BCUT2D eigenvalue weighted by Gasteiger charge is 2.30. The van der Waals surface area contributed by atoms with Crippen LogP contribution in [0.4, 0.5) is 0 Å². The van der Waals surface area contributed by atoms with E-state index in [1.807, 2.05) is 16.3 Å². The van der Waals surface area contributed by atoms with Crippen molar-refractivity contribution in [1.82, 2.24) is 4.90 Å². The van der Waals surface area contributed by atoms with Gasteiger partial charge in [-0.3, -0.25) is 9.59 Å². The van der Waals surface area contributed by atoms with Gasteiger partial charge < -0.3 is 9.64 Å². The van der Waals surface area contributed by atoms with Gasteiger partial charge in [-0.25, -0.2) is 0 Å². The molecule has 0 aromatic carbocycles. The normalized spacial score (nSPS) is 19.3. The largest absolute Gasteiger partial charge is 0.495 e. The zero-order chi connectivity index (χ0) is 13.8. The first-order chi connectivity index (χ1) is 9.13. The summed E-state index contributed by atoms with van der Waals surface area (Å²) in [4.78, 5) is 26.4. The predicted octanol–water partition coefficient (Wildman–Crippen LogP) is 2.73. The van der Waals surface area contributed by atoms with E-state index in [1.165, 1.54) is 11.3 Å². The molecule has 0 radical (unpaired) electrons. The molecule has 1 aromatic rings. The second-order valence-electron chi connectivity index (χ2n) is 4.87. The van der Waals surface area contributed by atoms with E-state index in [-0.39, 0.29) is 17.7 Å².